The van der Waals surface area contributed by atoms with Crippen molar-refractivity contribution in [2.75, 3.05) is 26.2 Å². The molecule has 1 N–H and O–H groups in total. The lowest BCUT2D eigenvalue weighted by atomic mass is 10.0. The van der Waals surface area contributed by atoms with Gasteiger partial charge in [-0.15, -0.1) is 0 Å². The molecule has 1 saturated heterocycles. The molecule has 1 heterocycles. The van der Waals surface area contributed by atoms with Crippen LogP contribution in [0.15, 0.2) is 47.4 Å². The molecule has 3 rings (SSSR count). The fraction of sp³-hybridized carbons (Fsp3) is 0.409. The molecular formula is C22H27F2N3O3S. The van der Waals surface area contributed by atoms with Gasteiger partial charge in [0.2, 0.25) is 15.9 Å². The molecule has 0 radical (unpaired) electrons. The Morgan fingerprint density at radius 3 is 2.29 bits per heavy atom. The third kappa shape index (κ3) is 5.11. The van der Waals surface area contributed by atoms with Gasteiger partial charge in [-0.25, -0.2) is 17.2 Å². The van der Waals surface area contributed by atoms with Crippen LogP contribution in [0.4, 0.5) is 8.78 Å². The lowest BCUT2D eigenvalue weighted by molar-refractivity contribution is -0.127. The number of carbonyl (C=O) groups excluding carboxylic acids is 1. The number of piperazine rings is 1. The number of nitrogens with one attached hydrogen (secondary N) is 1. The van der Waals surface area contributed by atoms with Gasteiger partial charge in [0.15, 0.2) is 0 Å². The van der Waals surface area contributed by atoms with Crippen LogP contribution >= 0.6 is 0 Å². The van der Waals surface area contributed by atoms with Crippen LogP contribution in [0.1, 0.15) is 31.0 Å². The van der Waals surface area contributed by atoms with E-state index >= 15 is 0 Å². The van der Waals surface area contributed by atoms with Crippen molar-refractivity contribution in [1.82, 2.24) is 14.5 Å². The van der Waals surface area contributed by atoms with Crippen LogP contribution < -0.4 is 5.32 Å². The van der Waals surface area contributed by atoms with E-state index in [-0.39, 0.29) is 25.0 Å². The molecule has 2 unspecified atom stereocenters. The van der Waals surface area contributed by atoms with Gasteiger partial charge in [-0.1, -0.05) is 24.3 Å². The first-order valence-corrected chi connectivity index (χ1v) is 11.6. The maximum atomic E-state index is 14.0. The summed E-state index contributed by atoms with van der Waals surface area (Å²) in [4.78, 5) is 14.1. The fourth-order valence-corrected chi connectivity index (χ4v) is 5.27. The van der Waals surface area contributed by atoms with Crippen molar-refractivity contribution in [3.05, 3.63) is 65.2 Å². The Labute approximate surface area is 181 Å². The number of sulfonamides is 1. The molecule has 6 nitrogen and oxygen atoms in total. The van der Waals surface area contributed by atoms with E-state index in [2.05, 4.69) is 5.32 Å². The van der Waals surface area contributed by atoms with E-state index in [1.165, 1.54) is 4.31 Å². The third-order valence-corrected chi connectivity index (χ3v) is 7.66. The molecule has 1 aliphatic rings. The second-order valence-electron chi connectivity index (χ2n) is 7.78. The number of aryl methyl sites for hydroxylation is 1. The van der Waals surface area contributed by atoms with Gasteiger partial charge in [0, 0.05) is 32.2 Å². The van der Waals surface area contributed by atoms with Crippen molar-refractivity contribution in [2.24, 2.45) is 0 Å². The predicted octanol–water partition coefficient (Wildman–Crippen LogP) is 2.85. The van der Waals surface area contributed by atoms with Crippen molar-refractivity contribution >= 4 is 15.9 Å². The molecule has 0 bridgehead atoms. The summed E-state index contributed by atoms with van der Waals surface area (Å²) < 4.78 is 53.7. The zero-order chi connectivity index (χ0) is 22.8. The number of rotatable bonds is 6. The molecule has 0 aliphatic carbocycles. The molecular weight excluding hydrogens is 424 g/mol. The number of carbonyl (C=O) groups is 1. The Hall–Kier alpha value is -2.36. The van der Waals surface area contributed by atoms with E-state index in [1.807, 2.05) is 43.0 Å². The first kappa shape index (κ1) is 23.3. The highest BCUT2D eigenvalue weighted by atomic mass is 32.2. The average Bonchev–Trinajstić information content (AvgIpc) is 2.73. The SMILES string of the molecule is Cc1ccccc1C(C)NC(=O)C(C)N1CCN(S(=O)(=O)c2ccc(F)cc2F)CC1. The molecule has 0 aromatic heterocycles. The van der Waals surface area contributed by atoms with Crippen LogP contribution in [-0.4, -0.2) is 55.8 Å². The smallest absolute Gasteiger partial charge is 0.246 e. The molecule has 2 aromatic carbocycles. The van der Waals surface area contributed by atoms with Gasteiger partial charge >= 0.3 is 0 Å². The molecule has 1 amide bonds. The highest BCUT2D eigenvalue weighted by molar-refractivity contribution is 7.89. The molecule has 1 aliphatic heterocycles. The van der Waals surface area contributed by atoms with Gasteiger partial charge in [-0.3, -0.25) is 9.69 Å². The van der Waals surface area contributed by atoms with Crippen LogP contribution in [0.5, 0.6) is 0 Å². The van der Waals surface area contributed by atoms with E-state index in [0.29, 0.717) is 19.2 Å². The Morgan fingerprint density at radius 2 is 1.68 bits per heavy atom. The van der Waals surface area contributed by atoms with Gasteiger partial charge in [-0.2, -0.15) is 4.31 Å². The summed E-state index contributed by atoms with van der Waals surface area (Å²) >= 11 is 0. The van der Waals surface area contributed by atoms with Gasteiger partial charge in [-0.05, 0) is 44.0 Å². The zero-order valence-electron chi connectivity index (χ0n) is 17.8. The van der Waals surface area contributed by atoms with Crippen LogP contribution in [-0.2, 0) is 14.8 Å². The summed E-state index contributed by atoms with van der Waals surface area (Å²) in [6.07, 6.45) is 0. The standard InChI is InChI=1S/C22H27F2N3O3S/c1-15-6-4-5-7-19(15)16(2)25-22(28)17(3)26-10-12-27(13-11-26)31(29,30)21-9-8-18(23)14-20(21)24/h4-9,14,16-17H,10-13H2,1-3H3,(H,25,28). The molecule has 2 atom stereocenters. The fourth-order valence-electron chi connectivity index (χ4n) is 3.80. The largest absolute Gasteiger partial charge is 0.348 e. The third-order valence-electron chi connectivity index (χ3n) is 5.73. The minimum absolute atomic E-state index is 0.115. The minimum atomic E-state index is -4.07. The molecule has 9 heteroatoms. The van der Waals surface area contributed by atoms with E-state index in [0.717, 1.165) is 23.3 Å². The van der Waals surface area contributed by atoms with Crippen LogP contribution in [0, 0.1) is 18.6 Å². The Morgan fingerprint density at radius 1 is 1.03 bits per heavy atom. The summed E-state index contributed by atoms with van der Waals surface area (Å²) in [5.74, 6) is -2.09. The average molecular weight is 452 g/mol. The summed E-state index contributed by atoms with van der Waals surface area (Å²) in [5.41, 5.74) is 2.13. The number of halogens is 2. The van der Waals surface area contributed by atoms with Crippen molar-refractivity contribution < 1.29 is 22.0 Å². The zero-order valence-corrected chi connectivity index (χ0v) is 18.6. The Bertz CT molecular complexity index is 1050. The highest BCUT2D eigenvalue weighted by Gasteiger charge is 2.33. The first-order valence-electron chi connectivity index (χ1n) is 10.2. The topological polar surface area (TPSA) is 69.7 Å². The van der Waals surface area contributed by atoms with Crippen molar-refractivity contribution in [3.63, 3.8) is 0 Å². The van der Waals surface area contributed by atoms with Gasteiger partial charge < -0.3 is 5.32 Å². The maximum Gasteiger partial charge on any atom is 0.246 e. The van der Waals surface area contributed by atoms with E-state index in [9.17, 15) is 22.0 Å². The van der Waals surface area contributed by atoms with Crippen molar-refractivity contribution in [3.8, 4) is 0 Å². The molecule has 0 saturated carbocycles. The van der Waals surface area contributed by atoms with Crippen LogP contribution in [0.25, 0.3) is 0 Å². The van der Waals surface area contributed by atoms with Crippen molar-refractivity contribution in [2.45, 2.75) is 37.8 Å². The van der Waals surface area contributed by atoms with E-state index in [4.69, 9.17) is 0 Å². The maximum absolute atomic E-state index is 14.0. The van der Waals surface area contributed by atoms with Crippen molar-refractivity contribution in [1.29, 1.82) is 0 Å². The number of nitrogens with zero attached hydrogens (tertiary/aromatic N) is 2. The predicted molar refractivity (Wildman–Crippen MR) is 114 cm³/mol. The number of amides is 1. The summed E-state index contributed by atoms with van der Waals surface area (Å²) in [5, 5.41) is 3.02. The van der Waals surface area contributed by atoms with Gasteiger partial charge in [0.25, 0.3) is 0 Å². The second kappa shape index (κ2) is 9.42. The van der Waals surface area contributed by atoms with Crippen LogP contribution in [0.3, 0.4) is 0 Å². The quantitative estimate of drug-likeness (QED) is 0.733. The molecule has 1 fully saturated rings. The Kier molecular flexibility index (Phi) is 7.08. The number of hydrogen-bond acceptors (Lipinski definition) is 4. The van der Waals surface area contributed by atoms with E-state index in [1.54, 1.807) is 6.92 Å². The van der Waals surface area contributed by atoms with E-state index < -0.39 is 32.6 Å². The highest BCUT2D eigenvalue weighted by Crippen LogP contribution is 2.22. The minimum Gasteiger partial charge on any atom is -0.348 e. The summed E-state index contributed by atoms with van der Waals surface area (Å²) in [7, 11) is -4.07. The summed E-state index contributed by atoms with van der Waals surface area (Å²) in [6.45, 7) is 6.59. The second-order valence-corrected chi connectivity index (χ2v) is 9.68. The normalized spacial score (nSPS) is 17.8. The van der Waals surface area contributed by atoms with Gasteiger partial charge in [0.1, 0.15) is 16.5 Å². The molecule has 168 valence electrons. The number of benzene rings is 2. The first-order chi connectivity index (χ1) is 14.6. The molecule has 0 spiro atoms. The lowest BCUT2D eigenvalue weighted by Gasteiger charge is -2.37. The Balaban J connectivity index is 1.61. The van der Waals surface area contributed by atoms with Gasteiger partial charge in [0.05, 0.1) is 12.1 Å². The molecule has 31 heavy (non-hydrogen) atoms. The monoisotopic (exact) mass is 451 g/mol. The van der Waals surface area contributed by atoms with Crippen LogP contribution in [0.2, 0.25) is 0 Å². The lowest BCUT2D eigenvalue weighted by Crippen LogP contribution is -2.55. The summed E-state index contributed by atoms with van der Waals surface area (Å²) in [6, 6.07) is 9.67. The number of hydrogen-bond donors (Lipinski definition) is 1. The molecule has 2 aromatic rings.